The average molecular weight is 318 g/mol. The van der Waals surface area contributed by atoms with Gasteiger partial charge in [0.1, 0.15) is 0 Å². The van der Waals surface area contributed by atoms with E-state index in [2.05, 4.69) is 10.6 Å². The van der Waals surface area contributed by atoms with Crippen LogP contribution in [0.3, 0.4) is 0 Å². The number of anilines is 1. The SMILES string of the molecule is CN(C)c1ccc(CNC(=O)NCc2ccccc2Cl)cc1. The van der Waals surface area contributed by atoms with E-state index < -0.39 is 0 Å². The number of nitrogens with zero attached hydrogens (tertiary/aromatic N) is 1. The lowest BCUT2D eigenvalue weighted by atomic mass is 10.2. The van der Waals surface area contributed by atoms with E-state index in [1.54, 1.807) is 0 Å². The molecule has 2 aromatic carbocycles. The summed E-state index contributed by atoms with van der Waals surface area (Å²) < 4.78 is 0. The van der Waals surface area contributed by atoms with E-state index in [0.29, 0.717) is 18.1 Å². The van der Waals surface area contributed by atoms with Crippen LogP contribution in [0, 0.1) is 0 Å². The lowest BCUT2D eigenvalue weighted by molar-refractivity contribution is 0.240. The van der Waals surface area contributed by atoms with Gasteiger partial charge in [-0.15, -0.1) is 0 Å². The normalized spacial score (nSPS) is 10.1. The number of nitrogens with one attached hydrogen (secondary N) is 2. The zero-order valence-corrected chi connectivity index (χ0v) is 13.5. The van der Waals surface area contributed by atoms with E-state index in [4.69, 9.17) is 11.6 Å². The zero-order valence-electron chi connectivity index (χ0n) is 12.8. The fourth-order valence-corrected chi connectivity index (χ4v) is 2.18. The molecule has 4 nitrogen and oxygen atoms in total. The summed E-state index contributed by atoms with van der Waals surface area (Å²) in [7, 11) is 3.99. The van der Waals surface area contributed by atoms with Gasteiger partial charge in [-0.2, -0.15) is 0 Å². The summed E-state index contributed by atoms with van der Waals surface area (Å²) in [6, 6.07) is 15.3. The lowest BCUT2D eigenvalue weighted by Crippen LogP contribution is -2.34. The summed E-state index contributed by atoms with van der Waals surface area (Å²) in [5.74, 6) is 0. The van der Waals surface area contributed by atoms with Crippen molar-refractivity contribution >= 4 is 23.3 Å². The first-order chi connectivity index (χ1) is 10.6. The van der Waals surface area contributed by atoms with E-state index in [1.807, 2.05) is 67.5 Å². The third-order valence-corrected chi connectivity index (χ3v) is 3.67. The van der Waals surface area contributed by atoms with Crippen LogP contribution >= 0.6 is 11.6 Å². The molecule has 0 aliphatic carbocycles. The van der Waals surface area contributed by atoms with Gasteiger partial charge in [0.25, 0.3) is 0 Å². The number of halogens is 1. The molecular weight excluding hydrogens is 298 g/mol. The molecule has 0 heterocycles. The minimum atomic E-state index is -0.211. The Labute approximate surface area is 136 Å². The summed E-state index contributed by atoms with van der Waals surface area (Å²) >= 11 is 6.05. The molecule has 0 saturated carbocycles. The molecule has 0 bridgehead atoms. The number of hydrogen-bond donors (Lipinski definition) is 2. The Morgan fingerprint density at radius 2 is 1.64 bits per heavy atom. The number of hydrogen-bond acceptors (Lipinski definition) is 2. The molecule has 116 valence electrons. The molecule has 0 fully saturated rings. The van der Waals surface area contributed by atoms with Crippen LogP contribution in [0.1, 0.15) is 11.1 Å². The van der Waals surface area contributed by atoms with Gasteiger partial charge in [0, 0.05) is 37.9 Å². The van der Waals surface area contributed by atoms with Crippen molar-refractivity contribution < 1.29 is 4.79 Å². The van der Waals surface area contributed by atoms with Gasteiger partial charge in [0.05, 0.1) is 0 Å². The Morgan fingerprint density at radius 1 is 1.00 bits per heavy atom. The van der Waals surface area contributed by atoms with Crippen LogP contribution in [0.15, 0.2) is 48.5 Å². The first-order valence-corrected chi connectivity index (χ1v) is 7.45. The molecule has 2 rings (SSSR count). The van der Waals surface area contributed by atoms with Crippen LogP contribution in [0.25, 0.3) is 0 Å². The van der Waals surface area contributed by atoms with Crippen molar-refractivity contribution in [3.8, 4) is 0 Å². The van der Waals surface area contributed by atoms with Crippen LogP contribution in [-0.2, 0) is 13.1 Å². The molecular formula is C17H20ClN3O. The van der Waals surface area contributed by atoms with Gasteiger partial charge < -0.3 is 15.5 Å². The second kappa shape index (κ2) is 7.71. The number of benzene rings is 2. The number of carbonyl (C=O) groups excluding carboxylic acids is 1. The summed E-state index contributed by atoms with van der Waals surface area (Å²) in [6.07, 6.45) is 0. The number of rotatable bonds is 5. The first-order valence-electron chi connectivity index (χ1n) is 7.07. The maximum absolute atomic E-state index is 11.8. The maximum atomic E-state index is 11.8. The van der Waals surface area contributed by atoms with Crippen molar-refractivity contribution in [3.63, 3.8) is 0 Å². The average Bonchev–Trinajstić information content (AvgIpc) is 2.52. The van der Waals surface area contributed by atoms with Crippen molar-refractivity contribution in [2.45, 2.75) is 13.1 Å². The quantitative estimate of drug-likeness (QED) is 0.887. The highest BCUT2D eigenvalue weighted by atomic mass is 35.5. The van der Waals surface area contributed by atoms with Crippen molar-refractivity contribution in [2.24, 2.45) is 0 Å². The van der Waals surface area contributed by atoms with Gasteiger partial charge in [-0.25, -0.2) is 4.79 Å². The predicted molar refractivity (Wildman–Crippen MR) is 91.3 cm³/mol. The van der Waals surface area contributed by atoms with Crippen LogP contribution in [0.4, 0.5) is 10.5 Å². The summed E-state index contributed by atoms with van der Waals surface area (Å²) in [6.45, 7) is 0.896. The Bertz CT molecular complexity index is 626. The number of urea groups is 1. The van der Waals surface area contributed by atoms with Gasteiger partial charge in [0.2, 0.25) is 0 Å². The van der Waals surface area contributed by atoms with E-state index in [-0.39, 0.29) is 6.03 Å². The molecule has 2 amide bonds. The highest BCUT2D eigenvalue weighted by molar-refractivity contribution is 6.31. The van der Waals surface area contributed by atoms with Gasteiger partial charge in [-0.1, -0.05) is 41.9 Å². The third kappa shape index (κ3) is 4.67. The minimum Gasteiger partial charge on any atom is -0.378 e. The molecule has 0 radical (unpaired) electrons. The van der Waals surface area contributed by atoms with Gasteiger partial charge >= 0.3 is 6.03 Å². The highest BCUT2D eigenvalue weighted by Crippen LogP contribution is 2.14. The Hall–Kier alpha value is -2.20. The van der Waals surface area contributed by atoms with E-state index in [9.17, 15) is 4.79 Å². The Morgan fingerprint density at radius 3 is 2.27 bits per heavy atom. The zero-order chi connectivity index (χ0) is 15.9. The van der Waals surface area contributed by atoms with Crippen molar-refractivity contribution in [1.29, 1.82) is 0 Å². The van der Waals surface area contributed by atoms with Crippen molar-refractivity contribution in [3.05, 3.63) is 64.7 Å². The molecule has 0 aliphatic heterocycles. The molecule has 2 N–H and O–H groups in total. The second-order valence-electron chi connectivity index (χ2n) is 5.19. The molecule has 0 atom stereocenters. The van der Waals surface area contributed by atoms with Crippen molar-refractivity contribution in [2.75, 3.05) is 19.0 Å². The lowest BCUT2D eigenvalue weighted by Gasteiger charge is -2.13. The van der Waals surface area contributed by atoms with E-state index >= 15 is 0 Å². The molecule has 0 aromatic heterocycles. The Balaban J connectivity index is 1.79. The smallest absolute Gasteiger partial charge is 0.315 e. The maximum Gasteiger partial charge on any atom is 0.315 e. The highest BCUT2D eigenvalue weighted by Gasteiger charge is 2.03. The topological polar surface area (TPSA) is 44.4 Å². The molecule has 0 spiro atoms. The van der Waals surface area contributed by atoms with Crippen molar-refractivity contribution in [1.82, 2.24) is 10.6 Å². The monoisotopic (exact) mass is 317 g/mol. The van der Waals surface area contributed by atoms with Gasteiger partial charge in [-0.3, -0.25) is 0 Å². The van der Waals surface area contributed by atoms with E-state index in [0.717, 1.165) is 16.8 Å². The molecule has 22 heavy (non-hydrogen) atoms. The predicted octanol–water partition coefficient (Wildman–Crippen LogP) is 3.41. The molecule has 2 aromatic rings. The Kier molecular flexibility index (Phi) is 5.67. The fourth-order valence-electron chi connectivity index (χ4n) is 1.97. The van der Waals surface area contributed by atoms with Crippen LogP contribution in [0.2, 0.25) is 5.02 Å². The summed E-state index contributed by atoms with van der Waals surface area (Å²) in [5.41, 5.74) is 3.08. The first kappa shape index (κ1) is 16.2. The fraction of sp³-hybridized carbons (Fsp3) is 0.235. The second-order valence-corrected chi connectivity index (χ2v) is 5.60. The minimum absolute atomic E-state index is 0.211. The number of amides is 2. The van der Waals surface area contributed by atoms with Crippen LogP contribution in [0.5, 0.6) is 0 Å². The molecule has 5 heteroatoms. The van der Waals surface area contributed by atoms with Gasteiger partial charge in [-0.05, 0) is 29.3 Å². The summed E-state index contributed by atoms with van der Waals surface area (Å²) in [4.78, 5) is 13.8. The number of carbonyl (C=O) groups is 1. The molecule has 0 aliphatic rings. The largest absolute Gasteiger partial charge is 0.378 e. The third-order valence-electron chi connectivity index (χ3n) is 3.30. The van der Waals surface area contributed by atoms with Crippen LogP contribution < -0.4 is 15.5 Å². The molecule has 0 saturated heterocycles. The van der Waals surface area contributed by atoms with E-state index in [1.165, 1.54) is 0 Å². The standard InChI is InChI=1S/C17H20ClN3O/c1-21(2)15-9-7-13(8-10-15)11-19-17(22)20-12-14-5-3-4-6-16(14)18/h3-10H,11-12H2,1-2H3,(H2,19,20,22). The van der Waals surface area contributed by atoms with Gasteiger partial charge in [0.15, 0.2) is 0 Å². The molecule has 0 unspecified atom stereocenters. The summed E-state index contributed by atoms with van der Waals surface area (Å²) in [5, 5.41) is 6.28. The van der Waals surface area contributed by atoms with Crippen LogP contribution in [-0.4, -0.2) is 20.1 Å².